The Kier molecular flexibility index (Phi) is 6.44. The molecular weight excluding hydrogens is 394 g/mol. The molecule has 2 aromatic carbocycles. The van der Waals surface area contributed by atoms with Crippen molar-refractivity contribution in [2.45, 2.75) is 32.8 Å². The highest BCUT2D eigenvalue weighted by Gasteiger charge is 2.38. The molecule has 0 saturated carbocycles. The van der Waals surface area contributed by atoms with Crippen molar-refractivity contribution < 1.29 is 27.9 Å². The number of nitrogens with zero attached hydrogens (tertiary/aromatic N) is 1. The number of para-hydroxylation sites is 2. The van der Waals surface area contributed by atoms with Gasteiger partial charge in [0, 0.05) is 18.7 Å². The number of esters is 1. The van der Waals surface area contributed by atoms with Crippen LogP contribution in [0.4, 0.5) is 20.2 Å². The molecule has 6 nitrogen and oxygen atoms in total. The third-order valence-corrected chi connectivity index (χ3v) is 4.99. The second-order valence-corrected chi connectivity index (χ2v) is 7.05. The molecule has 1 N–H and O–H groups in total. The number of aryl methyl sites for hydroxylation is 1. The Morgan fingerprint density at radius 3 is 2.50 bits per heavy atom. The maximum Gasteiger partial charge on any atom is 0.312 e. The van der Waals surface area contributed by atoms with Crippen molar-refractivity contribution in [3.8, 4) is 0 Å². The SMILES string of the molecule is CCc1ccccc1N1C[C@H](C(=O)O[C@H](C)C(=O)Nc2c(F)cccc2F)CC1=O. The molecule has 0 spiro atoms. The Morgan fingerprint density at radius 1 is 1.17 bits per heavy atom. The number of rotatable bonds is 6. The van der Waals surface area contributed by atoms with Crippen molar-refractivity contribution >= 4 is 29.2 Å². The van der Waals surface area contributed by atoms with E-state index in [4.69, 9.17) is 4.74 Å². The molecule has 2 aromatic rings. The summed E-state index contributed by atoms with van der Waals surface area (Å²) < 4.78 is 32.5. The van der Waals surface area contributed by atoms with Crippen LogP contribution >= 0.6 is 0 Å². The lowest BCUT2D eigenvalue weighted by Crippen LogP contribution is -2.33. The number of hydrogen-bond acceptors (Lipinski definition) is 4. The number of ether oxygens (including phenoxy) is 1. The van der Waals surface area contributed by atoms with E-state index in [0.717, 1.165) is 29.8 Å². The number of carbonyl (C=O) groups excluding carboxylic acids is 3. The third-order valence-electron chi connectivity index (χ3n) is 4.99. The molecule has 1 heterocycles. The molecule has 1 fully saturated rings. The van der Waals surface area contributed by atoms with E-state index >= 15 is 0 Å². The van der Waals surface area contributed by atoms with E-state index in [1.165, 1.54) is 13.0 Å². The van der Waals surface area contributed by atoms with Gasteiger partial charge in [0.1, 0.15) is 17.3 Å². The maximum atomic E-state index is 13.7. The fourth-order valence-electron chi connectivity index (χ4n) is 3.34. The van der Waals surface area contributed by atoms with Crippen LogP contribution < -0.4 is 10.2 Å². The normalized spacial score (nSPS) is 17.0. The van der Waals surface area contributed by atoms with Crippen LogP contribution in [0.2, 0.25) is 0 Å². The molecular formula is C22H22F2N2O4. The van der Waals surface area contributed by atoms with E-state index in [0.29, 0.717) is 0 Å². The molecule has 0 bridgehead atoms. The van der Waals surface area contributed by atoms with Crippen LogP contribution in [-0.4, -0.2) is 30.4 Å². The third kappa shape index (κ3) is 4.48. The number of amides is 2. The highest BCUT2D eigenvalue weighted by atomic mass is 19.1. The molecule has 3 rings (SSSR count). The smallest absolute Gasteiger partial charge is 0.312 e. The summed E-state index contributed by atoms with van der Waals surface area (Å²) in [6.07, 6.45) is -0.588. The van der Waals surface area contributed by atoms with Gasteiger partial charge in [0.2, 0.25) is 5.91 Å². The van der Waals surface area contributed by atoms with Gasteiger partial charge < -0.3 is 15.0 Å². The summed E-state index contributed by atoms with van der Waals surface area (Å²) in [6.45, 7) is 3.42. The van der Waals surface area contributed by atoms with E-state index < -0.39 is 41.2 Å². The van der Waals surface area contributed by atoms with Gasteiger partial charge in [-0.15, -0.1) is 0 Å². The molecule has 158 valence electrons. The van der Waals surface area contributed by atoms with Gasteiger partial charge in [0.05, 0.1) is 5.92 Å². The van der Waals surface area contributed by atoms with Crippen molar-refractivity contribution in [3.05, 3.63) is 59.7 Å². The second-order valence-electron chi connectivity index (χ2n) is 7.05. The van der Waals surface area contributed by atoms with E-state index in [1.54, 1.807) is 4.90 Å². The molecule has 2 amide bonds. The first kappa shape index (κ1) is 21.4. The van der Waals surface area contributed by atoms with Gasteiger partial charge in [0.25, 0.3) is 5.91 Å². The molecule has 1 aliphatic heterocycles. The average Bonchev–Trinajstić information content (AvgIpc) is 3.12. The average molecular weight is 416 g/mol. The molecule has 0 radical (unpaired) electrons. The minimum Gasteiger partial charge on any atom is -0.452 e. The van der Waals surface area contributed by atoms with Crippen LogP contribution in [0.15, 0.2) is 42.5 Å². The fourth-order valence-corrected chi connectivity index (χ4v) is 3.34. The zero-order valence-electron chi connectivity index (χ0n) is 16.7. The largest absolute Gasteiger partial charge is 0.452 e. The fraction of sp³-hybridized carbons (Fsp3) is 0.318. The Hall–Kier alpha value is -3.29. The van der Waals surface area contributed by atoms with E-state index in [2.05, 4.69) is 5.32 Å². The Morgan fingerprint density at radius 2 is 1.83 bits per heavy atom. The predicted molar refractivity (Wildman–Crippen MR) is 107 cm³/mol. The molecule has 2 atom stereocenters. The van der Waals surface area contributed by atoms with Crippen molar-refractivity contribution in [1.29, 1.82) is 0 Å². The molecule has 1 aliphatic rings. The van der Waals surface area contributed by atoms with Gasteiger partial charge in [-0.1, -0.05) is 31.2 Å². The van der Waals surface area contributed by atoms with Crippen LogP contribution in [0.1, 0.15) is 25.8 Å². The number of hydrogen-bond donors (Lipinski definition) is 1. The number of benzene rings is 2. The lowest BCUT2D eigenvalue weighted by molar-refractivity contribution is -0.157. The standard InChI is InChI=1S/C22H22F2N2O4/c1-3-14-7-4-5-10-18(14)26-12-15(11-19(26)27)22(29)30-13(2)21(28)25-20-16(23)8-6-9-17(20)24/h4-10,13,15H,3,11-12H2,1-2H3,(H,25,28)/t13-,15-/m1/s1. The highest BCUT2D eigenvalue weighted by molar-refractivity contribution is 6.01. The van der Waals surface area contributed by atoms with Crippen molar-refractivity contribution in [3.63, 3.8) is 0 Å². The molecule has 8 heteroatoms. The zero-order valence-corrected chi connectivity index (χ0v) is 16.7. The Bertz CT molecular complexity index is 959. The lowest BCUT2D eigenvalue weighted by Gasteiger charge is -2.20. The van der Waals surface area contributed by atoms with Crippen LogP contribution in [0.25, 0.3) is 0 Å². The van der Waals surface area contributed by atoms with Gasteiger partial charge in [-0.2, -0.15) is 0 Å². The summed E-state index contributed by atoms with van der Waals surface area (Å²) >= 11 is 0. The number of carbonyl (C=O) groups is 3. The summed E-state index contributed by atoms with van der Waals surface area (Å²) in [5, 5.41) is 2.09. The van der Waals surface area contributed by atoms with Crippen LogP contribution in [0.3, 0.4) is 0 Å². The zero-order chi connectivity index (χ0) is 21.8. The topological polar surface area (TPSA) is 75.7 Å². The molecule has 0 unspecified atom stereocenters. The Labute approximate surface area is 172 Å². The number of halogens is 2. The van der Waals surface area contributed by atoms with E-state index in [1.807, 2.05) is 31.2 Å². The first-order valence-corrected chi connectivity index (χ1v) is 9.65. The Balaban J connectivity index is 1.63. The van der Waals surface area contributed by atoms with Gasteiger partial charge in [-0.05, 0) is 37.1 Å². The van der Waals surface area contributed by atoms with Crippen LogP contribution in [-0.2, 0) is 25.5 Å². The molecule has 30 heavy (non-hydrogen) atoms. The molecule has 1 saturated heterocycles. The van der Waals surface area contributed by atoms with Crippen molar-refractivity contribution in [1.82, 2.24) is 0 Å². The van der Waals surface area contributed by atoms with Crippen LogP contribution in [0, 0.1) is 17.6 Å². The summed E-state index contributed by atoms with van der Waals surface area (Å²) in [4.78, 5) is 38.7. The van der Waals surface area contributed by atoms with Gasteiger partial charge in [0.15, 0.2) is 6.10 Å². The van der Waals surface area contributed by atoms with Gasteiger partial charge >= 0.3 is 5.97 Å². The monoisotopic (exact) mass is 416 g/mol. The summed E-state index contributed by atoms with van der Waals surface area (Å²) in [5.41, 5.74) is 1.13. The maximum absolute atomic E-state index is 13.7. The van der Waals surface area contributed by atoms with Gasteiger partial charge in [-0.3, -0.25) is 14.4 Å². The minimum absolute atomic E-state index is 0.0346. The first-order valence-electron chi connectivity index (χ1n) is 9.65. The summed E-state index contributed by atoms with van der Waals surface area (Å²) in [5.74, 6) is -4.39. The summed E-state index contributed by atoms with van der Waals surface area (Å²) in [6, 6.07) is 10.6. The molecule has 0 aliphatic carbocycles. The molecule has 0 aromatic heterocycles. The number of nitrogens with one attached hydrogen (secondary N) is 1. The quantitative estimate of drug-likeness (QED) is 0.732. The first-order chi connectivity index (χ1) is 14.3. The van der Waals surface area contributed by atoms with Gasteiger partial charge in [-0.25, -0.2) is 8.78 Å². The van der Waals surface area contributed by atoms with Crippen molar-refractivity contribution in [2.24, 2.45) is 5.92 Å². The van der Waals surface area contributed by atoms with E-state index in [9.17, 15) is 23.2 Å². The second kappa shape index (κ2) is 9.02. The van der Waals surface area contributed by atoms with Crippen molar-refractivity contribution in [2.75, 3.05) is 16.8 Å². The number of anilines is 2. The predicted octanol–water partition coefficient (Wildman–Crippen LogP) is 3.45. The van der Waals surface area contributed by atoms with E-state index in [-0.39, 0.29) is 18.9 Å². The highest BCUT2D eigenvalue weighted by Crippen LogP contribution is 2.29. The minimum atomic E-state index is -1.29. The van der Waals surface area contributed by atoms with Crippen LogP contribution in [0.5, 0.6) is 0 Å². The summed E-state index contributed by atoms with van der Waals surface area (Å²) in [7, 11) is 0. The lowest BCUT2D eigenvalue weighted by atomic mass is 10.1.